The lowest BCUT2D eigenvalue weighted by Crippen LogP contribution is -1.91. The molecule has 0 amide bonds. The van der Waals surface area contributed by atoms with Crippen molar-refractivity contribution in [2.45, 2.75) is 45.6 Å². The summed E-state index contributed by atoms with van der Waals surface area (Å²) in [4.78, 5) is 4.34. The molecule has 1 N–H and O–H groups in total. The zero-order valence-electron chi connectivity index (χ0n) is 12.6. The van der Waals surface area contributed by atoms with Crippen LogP contribution in [0.15, 0.2) is 34.7 Å². The van der Waals surface area contributed by atoms with Crippen LogP contribution in [-0.4, -0.2) is 10.1 Å². The van der Waals surface area contributed by atoms with Crippen molar-refractivity contribution in [2.24, 2.45) is 0 Å². The quantitative estimate of drug-likeness (QED) is 0.728. The molecule has 0 bridgehead atoms. The summed E-state index contributed by atoms with van der Waals surface area (Å²) in [5.41, 5.74) is 1.77. The molecule has 0 atom stereocenters. The molecule has 112 valence electrons. The highest BCUT2D eigenvalue weighted by atomic mass is 16.4. The number of rotatable bonds is 8. The van der Waals surface area contributed by atoms with Crippen LogP contribution in [0.5, 0.6) is 0 Å². The summed E-state index contributed by atoms with van der Waals surface area (Å²) < 4.78 is 5.75. The first-order valence-electron chi connectivity index (χ1n) is 7.66. The summed E-state index contributed by atoms with van der Waals surface area (Å²) in [6, 6.07) is 10.0. The van der Waals surface area contributed by atoms with E-state index in [1.807, 2.05) is 42.5 Å². The van der Waals surface area contributed by atoms with Crippen LogP contribution in [0.1, 0.15) is 55.5 Å². The van der Waals surface area contributed by atoms with E-state index in [2.05, 4.69) is 11.9 Å². The smallest absolute Gasteiger partial charge is 0.219 e. The Morgan fingerprint density at radius 2 is 1.90 bits per heavy atom. The Morgan fingerprint density at radius 3 is 2.62 bits per heavy atom. The van der Waals surface area contributed by atoms with Crippen LogP contribution in [0.4, 0.5) is 0 Å². The van der Waals surface area contributed by atoms with Gasteiger partial charge in [-0.05, 0) is 18.1 Å². The van der Waals surface area contributed by atoms with Crippen molar-refractivity contribution < 1.29 is 9.52 Å². The van der Waals surface area contributed by atoms with Crippen LogP contribution in [0.25, 0.3) is 12.2 Å². The van der Waals surface area contributed by atoms with Gasteiger partial charge in [0.05, 0.1) is 6.61 Å². The van der Waals surface area contributed by atoms with Crippen LogP contribution in [0, 0.1) is 0 Å². The molecule has 0 saturated heterocycles. The SMILES string of the molecule is CCCCCCc1oc(/C=C/c2ccccc2)nc1CO. The van der Waals surface area contributed by atoms with E-state index in [1.54, 1.807) is 0 Å². The summed E-state index contributed by atoms with van der Waals surface area (Å²) in [6.45, 7) is 2.13. The largest absolute Gasteiger partial charge is 0.441 e. The number of aryl methyl sites for hydroxylation is 1. The van der Waals surface area contributed by atoms with Crippen molar-refractivity contribution in [3.05, 3.63) is 53.2 Å². The molecular formula is C18H23NO2. The molecule has 3 nitrogen and oxygen atoms in total. The average Bonchev–Trinajstić information content (AvgIpc) is 2.93. The molecule has 1 heterocycles. The predicted molar refractivity (Wildman–Crippen MR) is 85.6 cm³/mol. The maximum atomic E-state index is 9.37. The van der Waals surface area contributed by atoms with Crippen LogP contribution in [0.2, 0.25) is 0 Å². The molecule has 1 aromatic heterocycles. The number of benzene rings is 1. The van der Waals surface area contributed by atoms with Crippen molar-refractivity contribution in [3.63, 3.8) is 0 Å². The van der Waals surface area contributed by atoms with Gasteiger partial charge in [0, 0.05) is 12.5 Å². The summed E-state index contributed by atoms with van der Waals surface area (Å²) in [7, 11) is 0. The zero-order valence-corrected chi connectivity index (χ0v) is 12.6. The number of hydrogen-bond donors (Lipinski definition) is 1. The van der Waals surface area contributed by atoms with E-state index < -0.39 is 0 Å². The molecule has 0 aliphatic rings. The molecule has 2 rings (SSSR count). The van der Waals surface area contributed by atoms with E-state index >= 15 is 0 Å². The second-order valence-corrected chi connectivity index (χ2v) is 5.13. The second-order valence-electron chi connectivity index (χ2n) is 5.13. The Hall–Kier alpha value is -1.87. The molecule has 1 aromatic carbocycles. The Morgan fingerprint density at radius 1 is 1.10 bits per heavy atom. The third-order valence-electron chi connectivity index (χ3n) is 3.42. The van der Waals surface area contributed by atoms with Gasteiger partial charge in [-0.2, -0.15) is 0 Å². The fraction of sp³-hybridized carbons (Fsp3) is 0.389. The minimum absolute atomic E-state index is 0.0637. The van der Waals surface area contributed by atoms with Gasteiger partial charge in [-0.3, -0.25) is 0 Å². The third kappa shape index (κ3) is 4.87. The van der Waals surface area contributed by atoms with E-state index in [-0.39, 0.29) is 6.61 Å². The van der Waals surface area contributed by atoms with E-state index in [4.69, 9.17) is 4.42 Å². The Kier molecular flexibility index (Phi) is 6.22. The van der Waals surface area contributed by atoms with E-state index in [9.17, 15) is 5.11 Å². The average molecular weight is 285 g/mol. The number of aromatic nitrogens is 1. The molecule has 0 aliphatic carbocycles. The Labute approximate surface area is 126 Å². The topological polar surface area (TPSA) is 46.3 Å². The second kappa shape index (κ2) is 8.42. The first kappa shape index (κ1) is 15.5. The van der Waals surface area contributed by atoms with Crippen LogP contribution < -0.4 is 0 Å². The van der Waals surface area contributed by atoms with Gasteiger partial charge >= 0.3 is 0 Å². The minimum Gasteiger partial charge on any atom is -0.441 e. The highest BCUT2D eigenvalue weighted by Crippen LogP contribution is 2.17. The number of hydrogen-bond acceptors (Lipinski definition) is 3. The lowest BCUT2D eigenvalue weighted by atomic mass is 10.1. The molecule has 0 saturated carbocycles. The summed E-state index contributed by atoms with van der Waals surface area (Å²) in [5.74, 6) is 1.38. The van der Waals surface area contributed by atoms with E-state index in [0.717, 1.165) is 24.2 Å². The zero-order chi connectivity index (χ0) is 14.9. The van der Waals surface area contributed by atoms with Gasteiger partial charge in [0.2, 0.25) is 5.89 Å². The lowest BCUT2D eigenvalue weighted by Gasteiger charge is -1.98. The number of aliphatic hydroxyl groups is 1. The highest BCUT2D eigenvalue weighted by molar-refractivity contribution is 5.65. The minimum atomic E-state index is -0.0637. The number of nitrogens with zero attached hydrogens (tertiary/aromatic N) is 1. The van der Waals surface area contributed by atoms with E-state index in [1.165, 1.54) is 19.3 Å². The third-order valence-corrected chi connectivity index (χ3v) is 3.42. The number of unbranched alkanes of at least 4 members (excludes halogenated alkanes) is 3. The van der Waals surface area contributed by atoms with Crippen molar-refractivity contribution in [1.29, 1.82) is 0 Å². The molecular weight excluding hydrogens is 262 g/mol. The van der Waals surface area contributed by atoms with Crippen molar-refractivity contribution in [3.8, 4) is 0 Å². The van der Waals surface area contributed by atoms with Crippen LogP contribution in [0.3, 0.4) is 0 Å². The summed E-state index contributed by atoms with van der Waals surface area (Å²) >= 11 is 0. The maximum absolute atomic E-state index is 9.37. The van der Waals surface area contributed by atoms with Gasteiger partial charge < -0.3 is 9.52 Å². The predicted octanol–water partition coefficient (Wildman–Crippen LogP) is 4.46. The Balaban J connectivity index is 2.00. The van der Waals surface area contributed by atoms with Gasteiger partial charge in [0.25, 0.3) is 0 Å². The number of oxazole rings is 1. The fourth-order valence-electron chi connectivity index (χ4n) is 2.24. The molecule has 2 aromatic rings. The van der Waals surface area contributed by atoms with Crippen molar-refractivity contribution in [2.75, 3.05) is 0 Å². The van der Waals surface area contributed by atoms with E-state index in [0.29, 0.717) is 11.6 Å². The fourth-order valence-corrected chi connectivity index (χ4v) is 2.24. The van der Waals surface area contributed by atoms with Crippen LogP contribution >= 0.6 is 0 Å². The number of aliphatic hydroxyl groups excluding tert-OH is 1. The highest BCUT2D eigenvalue weighted by Gasteiger charge is 2.10. The van der Waals surface area contributed by atoms with Gasteiger partial charge in [0.15, 0.2) is 0 Å². The maximum Gasteiger partial charge on any atom is 0.219 e. The molecule has 21 heavy (non-hydrogen) atoms. The van der Waals surface area contributed by atoms with Gasteiger partial charge in [-0.1, -0.05) is 56.5 Å². The molecule has 3 heteroatoms. The van der Waals surface area contributed by atoms with Gasteiger partial charge in [0.1, 0.15) is 11.5 Å². The monoisotopic (exact) mass is 285 g/mol. The normalized spacial score (nSPS) is 11.3. The summed E-state index contributed by atoms with van der Waals surface area (Å²) in [6.07, 6.45) is 9.40. The van der Waals surface area contributed by atoms with Crippen molar-refractivity contribution >= 4 is 12.2 Å². The molecule has 0 unspecified atom stereocenters. The molecule has 0 radical (unpaired) electrons. The van der Waals surface area contributed by atoms with Gasteiger partial charge in [-0.25, -0.2) is 4.98 Å². The first-order chi connectivity index (χ1) is 10.3. The Bertz CT molecular complexity index is 558. The van der Waals surface area contributed by atoms with Crippen LogP contribution in [-0.2, 0) is 13.0 Å². The molecule has 0 aliphatic heterocycles. The summed E-state index contributed by atoms with van der Waals surface area (Å²) in [5, 5.41) is 9.37. The molecule has 0 spiro atoms. The first-order valence-corrected chi connectivity index (χ1v) is 7.66. The van der Waals surface area contributed by atoms with Gasteiger partial charge in [-0.15, -0.1) is 0 Å². The standard InChI is InChI=1S/C18H23NO2/c1-2-3-4-8-11-17-16(14-20)19-18(21-17)13-12-15-9-6-5-7-10-15/h5-7,9-10,12-13,20H,2-4,8,11,14H2,1H3/b13-12+. The van der Waals surface area contributed by atoms with Crippen molar-refractivity contribution in [1.82, 2.24) is 4.98 Å². The lowest BCUT2D eigenvalue weighted by molar-refractivity contribution is 0.274. The molecule has 0 fully saturated rings.